The van der Waals surface area contributed by atoms with Crippen LogP contribution in [0.25, 0.3) is 0 Å². The summed E-state index contributed by atoms with van der Waals surface area (Å²) in [5, 5.41) is 4.55. The Morgan fingerprint density at radius 3 is 2.47 bits per heavy atom. The van der Waals surface area contributed by atoms with Gasteiger partial charge in [-0.15, -0.1) is 0 Å². The molecule has 9 heteroatoms. The molecule has 1 amide bonds. The molecule has 0 aliphatic heterocycles. The second-order valence-electron chi connectivity index (χ2n) is 8.19. The van der Waals surface area contributed by atoms with E-state index >= 15 is 0 Å². The Hall–Kier alpha value is -3.55. The summed E-state index contributed by atoms with van der Waals surface area (Å²) in [5.41, 5.74) is 5.29. The van der Waals surface area contributed by atoms with E-state index in [2.05, 4.69) is 24.4 Å². The van der Waals surface area contributed by atoms with Crippen LogP contribution in [-0.4, -0.2) is 31.8 Å². The Bertz CT molecular complexity index is 1290. The normalized spacial score (nSPS) is 11.0. The van der Waals surface area contributed by atoms with Gasteiger partial charge in [0.05, 0.1) is 23.9 Å². The number of ether oxygens (including phenoxy) is 3. The second-order valence-corrected chi connectivity index (χ2v) is 9.03. The number of methoxy groups -OCH3 is 1. The predicted octanol–water partition coefficient (Wildman–Crippen LogP) is 6.18. The van der Waals surface area contributed by atoms with E-state index in [9.17, 15) is 9.59 Å². The SMILES string of the molecule is COc1cc(/C=N/NC(=O)COc2cc(C(C)C)ccc2C)ccc1OC(=O)c1ccc(Cl)cc1Cl. The van der Waals surface area contributed by atoms with Gasteiger partial charge in [-0.1, -0.05) is 49.2 Å². The van der Waals surface area contributed by atoms with Crippen LogP contribution >= 0.6 is 23.2 Å². The van der Waals surface area contributed by atoms with Crippen molar-refractivity contribution in [2.45, 2.75) is 26.7 Å². The summed E-state index contributed by atoms with van der Waals surface area (Å²) in [6, 6.07) is 15.3. The van der Waals surface area contributed by atoms with E-state index in [1.54, 1.807) is 24.3 Å². The van der Waals surface area contributed by atoms with Crippen LogP contribution in [0.5, 0.6) is 17.2 Å². The number of aryl methyl sites for hydroxylation is 1. The lowest BCUT2D eigenvalue weighted by Gasteiger charge is -2.12. The first-order valence-corrected chi connectivity index (χ1v) is 11.8. The van der Waals surface area contributed by atoms with Crippen LogP contribution in [0, 0.1) is 6.92 Å². The molecule has 3 rings (SSSR count). The van der Waals surface area contributed by atoms with Gasteiger partial charge in [0.2, 0.25) is 0 Å². The highest BCUT2D eigenvalue weighted by Crippen LogP contribution is 2.30. The molecule has 0 unspecified atom stereocenters. The molecule has 0 saturated carbocycles. The van der Waals surface area contributed by atoms with Crippen LogP contribution in [-0.2, 0) is 4.79 Å². The number of hydrazone groups is 1. The van der Waals surface area contributed by atoms with Gasteiger partial charge in [-0.05, 0) is 72.0 Å². The highest BCUT2D eigenvalue weighted by Gasteiger charge is 2.16. The molecule has 0 aromatic heterocycles. The number of halogens is 2. The third-order valence-electron chi connectivity index (χ3n) is 5.18. The molecule has 0 radical (unpaired) electrons. The number of carbonyl (C=O) groups is 2. The Morgan fingerprint density at radius 2 is 1.78 bits per heavy atom. The van der Waals surface area contributed by atoms with Crippen molar-refractivity contribution in [2.24, 2.45) is 5.10 Å². The molecule has 0 fully saturated rings. The summed E-state index contributed by atoms with van der Waals surface area (Å²) in [4.78, 5) is 24.7. The Kier molecular flexibility index (Phi) is 9.33. The number of esters is 1. The maximum absolute atomic E-state index is 12.5. The molecule has 3 aromatic rings. The molecule has 0 atom stereocenters. The van der Waals surface area contributed by atoms with Gasteiger partial charge in [-0.2, -0.15) is 5.10 Å². The quantitative estimate of drug-likeness (QED) is 0.155. The van der Waals surface area contributed by atoms with Crippen molar-refractivity contribution in [3.05, 3.63) is 86.9 Å². The minimum Gasteiger partial charge on any atom is -0.493 e. The minimum atomic E-state index is -0.655. The molecular weight excluding hydrogens is 503 g/mol. The first-order chi connectivity index (χ1) is 17.2. The van der Waals surface area contributed by atoms with Gasteiger partial charge in [0.25, 0.3) is 5.91 Å². The van der Waals surface area contributed by atoms with Gasteiger partial charge < -0.3 is 14.2 Å². The molecule has 188 valence electrons. The highest BCUT2D eigenvalue weighted by atomic mass is 35.5. The second kappa shape index (κ2) is 12.4. The molecule has 36 heavy (non-hydrogen) atoms. The standard InChI is InChI=1S/C27H26Cl2N2O5/c1-16(2)19-7-5-17(3)24(12-19)35-15-26(32)31-30-14-18-6-10-23(25(11-18)34-4)36-27(33)21-9-8-20(28)13-22(21)29/h5-14,16H,15H2,1-4H3,(H,31,32)/b30-14+. The largest absolute Gasteiger partial charge is 0.493 e. The number of carbonyl (C=O) groups excluding carboxylic acids is 2. The molecule has 0 saturated heterocycles. The molecule has 0 aliphatic carbocycles. The first kappa shape index (κ1) is 27.0. The Labute approximate surface area is 220 Å². The summed E-state index contributed by atoms with van der Waals surface area (Å²) in [6.07, 6.45) is 1.44. The highest BCUT2D eigenvalue weighted by molar-refractivity contribution is 6.36. The van der Waals surface area contributed by atoms with Crippen molar-refractivity contribution >= 4 is 41.3 Å². The number of benzene rings is 3. The summed E-state index contributed by atoms with van der Waals surface area (Å²) in [5.74, 6) is 0.453. The molecule has 3 aromatic carbocycles. The van der Waals surface area contributed by atoms with E-state index in [0.717, 1.165) is 11.1 Å². The van der Waals surface area contributed by atoms with E-state index in [1.165, 1.54) is 25.5 Å². The van der Waals surface area contributed by atoms with E-state index in [4.69, 9.17) is 37.4 Å². The summed E-state index contributed by atoms with van der Waals surface area (Å²) in [6.45, 7) is 5.94. The molecule has 1 N–H and O–H groups in total. The molecule has 0 heterocycles. The van der Waals surface area contributed by atoms with Crippen molar-refractivity contribution in [2.75, 3.05) is 13.7 Å². The van der Waals surface area contributed by atoms with Crippen molar-refractivity contribution in [1.29, 1.82) is 0 Å². The van der Waals surface area contributed by atoms with Crippen LogP contribution in [0.1, 0.15) is 46.8 Å². The minimum absolute atomic E-state index is 0.171. The fraction of sp³-hybridized carbons (Fsp3) is 0.222. The van der Waals surface area contributed by atoms with Gasteiger partial charge in [0.15, 0.2) is 18.1 Å². The fourth-order valence-corrected chi connectivity index (χ4v) is 3.63. The number of nitrogens with one attached hydrogen (secondary N) is 1. The summed E-state index contributed by atoms with van der Waals surface area (Å²) in [7, 11) is 1.44. The van der Waals surface area contributed by atoms with E-state index in [0.29, 0.717) is 28.0 Å². The van der Waals surface area contributed by atoms with Gasteiger partial charge in [-0.3, -0.25) is 4.79 Å². The van der Waals surface area contributed by atoms with Gasteiger partial charge >= 0.3 is 5.97 Å². The Balaban J connectivity index is 1.59. The van der Waals surface area contributed by atoms with Crippen molar-refractivity contribution in [1.82, 2.24) is 5.43 Å². The zero-order valence-electron chi connectivity index (χ0n) is 20.3. The number of rotatable bonds is 9. The molecule has 0 bridgehead atoms. The van der Waals surface area contributed by atoms with Crippen LogP contribution in [0.4, 0.5) is 0 Å². The third-order valence-corrected chi connectivity index (χ3v) is 5.73. The lowest BCUT2D eigenvalue weighted by Crippen LogP contribution is -2.24. The number of hydrogen-bond donors (Lipinski definition) is 1. The maximum atomic E-state index is 12.5. The van der Waals surface area contributed by atoms with Crippen LogP contribution in [0.2, 0.25) is 10.0 Å². The lowest BCUT2D eigenvalue weighted by molar-refractivity contribution is -0.123. The molecule has 0 spiro atoms. The van der Waals surface area contributed by atoms with Crippen molar-refractivity contribution in [3.63, 3.8) is 0 Å². The van der Waals surface area contributed by atoms with E-state index in [-0.39, 0.29) is 22.9 Å². The fourth-order valence-electron chi connectivity index (χ4n) is 3.14. The third kappa shape index (κ3) is 7.23. The van der Waals surface area contributed by atoms with Gasteiger partial charge in [0, 0.05) is 5.02 Å². The number of nitrogens with zero attached hydrogens (tertiary/aromatic N) is 1. The van der Waals surface area contributed by atoms with E-state index in [1.807, 2.05) is 25.1 Å². The Morgan fingerprint density at radius 1 is 1.00 bits per heavy atom. The average Bonchev–Trinajstić information content (AvgIpc) is 2.84. The van der Waals surface area contributed by atoms with Crippen LogP contribution < -0.4 is 19.6 Å². The zero-order chi connectivity index (χ0) is 26.2. The van der Waals surface area contributed by atoms with Crippen LogP contribution in [0.3, 0.4) is 0 Å². The lowest BCUT2D eigenvalue weighted by atomic mass is 10.0. The monoisotopic (exact) mass is 528 g/mol. The summed E-state index contributed by atoms with van der Waals surface area (Å²) >= 11 is 12.0. The molecule has 0 aliphatic rings. The first-order valence-electron chi connectivity index (χ1n) is 11.1. The molecular formula is C27H26Cl2N2O5. The van der Waals surface area contributed by atoms with Gasteiger partial charge in [-0.25, -0.2) is 10.2 Å². The smallest absolute Gasteiger partial charge is 0.345 e. The number of amides is 1. The van der Waals surface area contributed by atoms with Crippen molar-refractivity contribution in [3.8, 4) is 17.2 Å². The number of hydrogen-bond acceptors (Lipinski definition) is 6. The average molecular weight is 529 g/mol. The molecule has 7 nitrogen and oxygen atoms in total. The summed E-state index contributed by atoms with van der Waals surface area (Å²) < 4.78 is 16.4. The van der Waals surface area contributed by atoms with Gasteiger partial charge in [0.1, 0.15) is 5.75 Å². The topological polar surface area (TPSA) is 86.2 Å². The zero-order valence-corrected chi connectivity index (χ0v) is 21.8. The predicted molar refractivity (Wildman–Crippen MR) is 141 cm³/mol. The van der Waals surface area contributed by atoms with E-state index < -0.39 is 11.9 Å². The van der Waals surface area contributed by atoms with Crippen molar-refractivity contribution < 1.29 is 23.8 Å². The van der Waals surface area contributed by atoms with Crippen LogP contribution in [0.15, 0.2) is 59.7 Å². The maximum Gasteiger partial charge on any atom is 0.345 e.